The Kier molecular flexibility index (Phi) is 5.42. The van der Waals surface area contributed by atoms with Crippen molar-refractivity contribution in [2.75, 3.05) is 0 Å². The number of benzene rings is 1. The third-order valence-electron chi connectivity index (χ3n) is 3.60. The second-order valence-electron chi connectivity index (χ2n) is 4.98. The summed E-state index contributed by atoms with van der Waals surface area (Å²) in [6.07, 6.45) is 0.968. The summed E-state index contributed by atoms with van der Waals surface area (Å²) in [5.74, 6) is -1.52. The van der Waals surface area contributed by atoms with Crippen LogP contribution in [-0.2, 0) is 17.8 Å². The quantitative estimate of drug-likeness (QED) is 0.888. The number of hydrogen-bond donors (Lipinski definition) is 1. The Balaban J connectivity index is 2.43. The lowest BCUT2D eigenvalue weighted by atomic mass is 10.0. The summed E-state index contributed by atoms with van der Waals surface area (Å²) in [6, 6.07) is 5.28. The minimum absolute atomic E-state index is 0.437. The zero-order chi connectivity index (χ0) is 16.3. The van der Waals surface area contributed by atoms with E-state index in [1.165, 1.54) is 5.69 Å². The maximum atomic E-state index is 11.1. The first kappa shape index (κ1) is 16.8. The molecular formula is C16H19ClN2O2S. The third kappa shape index (κ3) is 3.42. The lowest BCUT2D eigenvalue weighted by Gasteiger charge is -2.09. The van der Waals surface area contributed by atoms with Crippen LogP contribution in [0.1, 0.15) is 37.9 Å². The Morgan fingerprint density at radius 3 is 2.73 bits per heavy atom. The van der Waals surface area contributed by atoms with Gasteiger partial charge in [0.25, 0.3) is 0 Å². The summed E-state index contributed by atoms with van der Waals surface area (Å²) in [7, 11) is 0. The average molecular weight is 339 g/mol. The minimum Gasteiger partial charge on any atom is -0.481 e. The van der Waals surface area contributed by atoms with Crippen molar-refractivity contribution < 1.29 is 9.90 Å². The summed E-state index contributed by atoms with van der Waals surface area (Å²) in [4.78, 5) is 16.6. The molecule has 0 saturated heterocycles. The molecule has 1 heterocycles. The summed E-state index contributed by atoms with van der Waals surface area (Å²) >= 11 is 7.81. The standard InChI is InChI=1S/C16H19ClN2O2S/c1-4-12-9-22-16(19(12)5-2)18-11-6-7-13(14(17)8-11)10(3)15(20)21/h6-10H,4-5H2,1-3H3,(H,20,21). The van der Waals surface area contributed by atoms with E-state index in [9.17, 15) is 4.79 Å². The van der Waals surface area contributed by atoms with Gasteiger partial charge in [0, 0.05) is 22.6 Å². The van der Waals surface area contributed by atoms with Crippen LogP contribution >= 0.6 is 22.9 Å². The molecule has 1 aromatic carbocycles. The normalized spacial score (nSPS) is 13.4. The predicted octanol–water partition coefficient (Wildman–Crippen LogP) is 4.21. The largest absolute Gasteiger partial charge is 0.481 e. The molecule has 1 atom stereocenters. The number of halogens is 1. The van der Waals surface area contributed by atoms with Crippen LogP contribution in [0.15, 0.2) is 28.6 Å². The van der Waals surface area contributed by atoms with Crippen LogP contribution in [-0.4, -0.2) is 15.6 Å². The second kappa shape index (κ2) is 7.11. The second-order valence-corrected chi connectivity index (χ2v) is 6.23. The zero-order valence-electron chi connectivity index (χ0n) is 12.8. The van der Waals surface area contributed by atoms with Gasteiger partial charge >= 0.3 is 5.97 Å². The molecule has 0 aliphatic rings. The first-order chi connectivity index (χ1) is 10.5. The molecule has 0 amide bonds. The van der Waals surface area contributed by atoms with Gasteiger partial charge in [-0.3, -0.25) is 4.79 Å². The predicted molar refractivity (Wildman–Crippen MR) is 90.1 cm³/mol. The lowest BCUT2D eigenvalue weighted by Crippen LogP contribution is -2.15. The number of rotatable bonds is 5. The van der Waals surface area contributed by atoms with Crippen LogP contribution < -0.4 is 4.80 Å². The molecule has 2 rings (SSSR count). The van der Waals surface area contributed by atoms with Gasteiger partial charge in [-0.1, -0.05) is 24.6 Å². The number of carboxylic acids is 1. The van der Waals surface area contributed by atoms with E-state index >= 15 is 0 Å². The molecule has 1 unspecified atom stereocenters. The minimum atomic E-state index is -0.888. The molecule has 4 nitrogen and oxygen atoms in total. The Hall–Kier alpha value is -1.59. The van der Waals surface area contributed by atoms with Gasteiger partial charge in [0.2, 0.25) is 0 Å². The van der Waals surface area contributed by atoms with Gasteiger partial charge in [-0.15, -0.1) is 11.3 Å². The molecule has 0 aliphatic heterocycles. The molecule has 0 fully saturated rings. The van der Waals surface area contributed by atoms with Crippen LogP contribution in [0.5, 0.6) is 0 Å². The van der Waals surface area contributed by atoms with Gasteiger partial charge in [0.05, 0.1) is 11.6 Å². The van der Waals surface area contributed by atoms with Crippen molar-refractivity contribution in [1.29, 1.82) is 0 Å². The van der Waals surface area contributed by atoms with E-state index in [-0.39, 0.29) is 0 Å². The lowest BCUT2D eigenvalue weighted by molar-refractivity contribution is -0.138. The van der Waals surface area contributed by atoms with E-state index in [1.807, 2.05) is 6.07 Å². The van der Waals surface area contributed by atoms with Gasteiger partial charge in [-0.05, 0) is 38.0 Å². The van der Waals surface area contributed by atoms with E-state index in [1.54, 1.807) is 30.4 Å². The number of aliphatic carboxylic acids is 1. The molecule has 1 aromatic heterocycles. The first-order valence-corrected chi connectivity index (χ1v) is 8.47. The molecule has 0 radical (unpaired) electrons. The number of carbonyl (C=O) groups is 1. The first-order valence-electron chi connectivity index (χ1n) is 7.22. The number of carboxylic acid groups (broad SMARTS) is 1. The van der Waals surface area contributed by atoms with E-state index < -0.39 is 11.9 Å². The molecule has 118 valence electrons. The summed E-state index contributed by atoms with van der Waals surface area (Å²) in [5, 5.41) is 11.6. The highest BCUT2D eigenvalue weighted by atomic mass is 35.5. The highest BCUT2D eigenvalue weighted by molar-refractivity contribution is 7.07. The Labute approximate surface area is 138 Å². The van der Waals surface area contributed by atoms with Gasteiger partial charge in [0.1, 0.15) is 0 Å². The van der Waals surface area contributed by atoms with Crippen molar-refractivity contribution in [2.45, 2.75) is 39.7 Å². The SMILES string of the molecule is CCc1csc(=Nc2ccc(C(C)C(=O)O)c(Cl)c2)n1CC. The molecule has 0 saturated carbocycles. The fraction of sp³-hybridized carbons (Fsp3) is 0.375. The van der Waals surface area contributed by atoms with E-state index in [4.69, 9.17) is 16.7 Å². The summed E-state index contributed by atoms with van der Waals surface area (Å²) < 4.78 is 2.17. The van der Waals surface area contributed by atoms with E-state index in [2.05, 4.69) is 28.8 Å². The maximum Gasteiger partial charge on any atom is 0.310 e. The fourth-order valence-electron chi connectivity index (χ4n) is 2.25. The number of aryl methyl sites for hydroxylation is 1. The Morgan fingerprint density at radius 1 is 1.45 bits per heavy atom. The van der Waals surface area contributed by atoms with E-state index in [0.717, 1.165) is 23.5 Å². The van der Waals surface area contributed by atoms with Crippen molar-refractivity contribution in [1.82, 2.24) is 4.57 Å². The van der Waals surface area contributed by atoms with Crippen LogP contribution in [0.4, 0.5) is 5.69 Å². The fourth-order valence-corrected chi connectivity index (χ4v) is 3.66. The maximum absolute atomic E-state index is 11.1. The molecule has 22 heavy (non-hydrogen) atoms. The third-order valence-corrected chi connectivity index (χ3v) is 4.84. The number of nitrogens with zero attached hydrogens (tertiary/aromatic N) is 2. The van der Waals surface area contributed by atoms with Crippen molar-refractivity contribution in [3.8, 4) is 0 Å². The van der Waals surface area contributed by atoms with Crippen molar-refractivity contribution >= 4 is 34.6 Å². The molecule has 6 heteroatoms. The van der Waals surface area contributed by atoms with Crippen molar-refractivity contribution in [3.63, 3.8) is 0 Å². The van der Waals surface area contributed by atoms with E-state index in [0.29, 0.717) is 10.6 Å². The van der Waals surface area contributed by atoms with Crippen LogP contribution in [0.3, 0.4) is 0 Å². The molecule has 0 spiro atoms. The average Bonchev–Trinajstić information content (AvgIpc) is 2.88. The van der Waals surface area contributed by atoms with Gasteiger partial charge in [-0.2, -0.15) is 0 Å². The molecule has 0 aliphatic carbocycles. The topological polar surface area (TPSA) is 54.6 Å². The zero-order valence-corrected chi connectivity index (χ0v) is 14.4. The van der Waals surface area contributed by atoms with Crippen molar-refractivity contribution in [3.05, 3.63) is 44.7 Å². The summed E-state index contributed by atoms with van der Waals surface area (Å²) in [5.41, 5.74) is 2.60. The monoisotopic (exact) mass is 338 g/mol. The molecule has 0 bridgehead atoms. The molecule has 1 N–H and O–H groups in total. The number of hydrogen-bond acceptors (Lipinski definition) is 3. The molecular weight excluding hydrogens is 320 g/mol. The van der Waals surface area contributed by atoms with Crippen molar-refractivity contribution in [2.24, 2.45) is 4.99 Å². The van der Waals surface area contributed by atoms with Gasteiger partial charge in [-0.25, -0.2) is 4.99 Å². The highest BCUT2D eigenvalue weighted by Gasteiger charge is 2.16. The number of aromatic nitrogens is 1. The highest BCUT2D eigenvalue weighted by Crippen LogP contribution is 2.28. The Morgan fingerprint density at radius 2 is 2.18 bits per heavy atom. The van der Waals surface area contributed by atoms with Gasteiger partial charge in [0.15, 0.2) is 4.80 Å². The van der Waals surface area contributed by atoms with Gasteiger partial charge < -0.3 is 9.67 Å². The number of thiazole rings is 1. The smallest absolute Gasteiger partial charge is 0.310 e. The Bertz CT molecular complexity index is 749. The summed E-state index contributed by atoms with van der Waals surface area (Å²) in [6.45, 7) is 6.71. The molecule has 2 aromatic rings. The van der Waals surface area contributed by atoms with Crippen LogP contribution in [0.25, 0.3) is 0 Å². The van der Waals surface area contributed by atoms with Crippen LogP contribution in [0, 0.1) is 0 Å². The van der Waals surface area contributed by atoms with Crippen LogP contribution in [0.2, 0.25) is 5.02 Å².